The van der Waals surface area contributed by atoms with E-state index in [0.717, 1.165) is 6.42 Å². The van der Waals surface area contributed by atoms with Crippen LogP contribution in [0.5, 0.6) is 0 Å². The van der Waals surface area contributed by atoms with Gasteiger partial charge in [0.1, 0.15) is 6.26 Å². The summed E-state index contributed by atoms with van der Waals surface area (Å²) in [6, 6.07) is 8.57. The van der Waals surface area contributed by atoms with Gasteiger partial charge in [-0.05, 0) is 24.3 Å². The van der Waals surface area contributed by atoms with E-state index in [0.29, 0.717) is 6.54 Å². The van der Waals surface area contributed by atoms with E-state index in [1.807, 2.05) is 0 Å². The van der Waals surface area contributed by atoms with Gasteiger partial charge in [-0.3, -0.25) is 4.57 Å². The quantitative estimate of drug-likeness (QED) is 0.828. The average molecular weight is 289 g/mol. The first-order valence-corrected chi connectivity index (χ1v) is 7.61. The van der Waals surface area contributed by atoms with Crippen molar-refractivity contribution < 1.29 is 4.42 Å². The fraction of sp³-hybridized carbons (Fsp3) is 0.500. The first kappa shape index (κ1) is 17.3. The molecule has 0 atom stereocenters. The Morgan fingerprint density at radius 3 is 2.19 bits per heavy atom. The molecular formula is C18H27NO2. The SMILES string of the molecule is CCC.Cc1ccc(C(C)(C)CCn2ccoc2=O)cc1. The van der Waals surface area contributed by atoms with Crippen LogP contribution in [0.1, 0.15) is 51.7 Å². The summed E-state index contributed by atoms with van der Waals surface area (Å²) in [7, 11) is 0. The van der Waals surface area contributed by atoms with Crippen molar-refractivity contribution in [1.82, 2.24) is 4.57 Å². The summed E-state index contributed by atoms with van der Waals surface area (Å²) in [4.78, 5) is 11.3. The van der Waals surface area contributed by atoms with Gasteiger partial charge >= 0.3 is 5.76 Å². The molecule has 0 bridgehead atoms. The van der Waals surface area contributed by atoms with Crippen LogP contribution in [0.15, 0.2) is 45.9 Å². The molecule has 1 heterocycles. The summed E-state index contributed by atoms with van der Waals surface area (Å²) in [5.74, 6) is -0.283. The van der Waals surface area contributed by atoms with Crippen LogP contribution in [0, 0.1) is 6.92 Å². The number of oxazole rings is 1. The summed E-state index contributed by atoms with van der Waals surface area (Å²) in [6.07, 6.45) is 5.27. The van der Waals surface area contributed by atoms with Crippen LogP contribution in [-0.4, -0.2) is 4.57 Å². The standard InChI is InChI=1S/C15H19NO2.C3H8/c1-12-4-6-13(7-5-12)15(2,3)8-9-16-10-11-18-14(16)17;1-3-2/h4-7,10-11H,8-9H2,1-3H3;3H2,1-2H3. The van der Waals surface area contributed by atoms with Gasteiger partial charge in [-0.25, -0.2) is 4.79 Å². The Bertz CT molecular complexity index is 576. The third kappa shape index (κ3) is 5.25. The average Bonchev–Trinajstić information content (AvgIpc) is 2.83. The molecule has 0 spiro atoms. The largest absolute Gasteiger partial charge is 0.418 e. The van der Waals surface area contributed by atoms with Crippen molar-refractivity contribution >= 4 is 0 Å². The number of benzene rings is 1. The number of aryl methyl sites for hydroxylation is 2. The zero-order chi connectivity index (χ0) is 15.9. The molecule has 0 fully saturated rings. The molecule has 0 aliphatic carbocycles. The van der Waals surface area contributed by atoms with E-state index in [9.17, 15) is 4.79 Å². The summed E-state index contributed by atoms with van der Waals surface area (Å²) in [5.41, 5.74) is 2.61. The molecule has 0 aliphatic heterocycles. The molecule has 3 nitrogen and oxygen atoms in total. The Kier molecular flexibility index (Phi) is 6.47. The van der Waals surface area contributed by atoms with Crippen LogP contribution in [0.4, 0.5) is 0 Å². The van der Waals surface area contributed by atoms with Gasteiger partial charge in [0.15, 0.2) is 0 Å². The molecule has 21 heavy (non-hydrogen) atoms. The molecule has 0 radical (unpaired) electrons. The Labute approximate surface area is 127 Å². The zero-order valence-electron chi connectivity index (χ0n) is 13.8. The van der Waals surface area contributed by atoms with Crippen molar-refractivity contribution in [3.05, 3.63) is 58.4 Å². The summed E-state index contributed by atoms with van der Waals surface area (Å²) in [6.45, 7) is 11.4. The van der Waals surface area contributed by atoms with Gasteiger partial charge in [0.2, 0.25) is 0 Å². The van der Waals surface area contributed by atoms with Crippen LogP contribution >= 0.6 is 0 Å². The lowest BCUT2D eigenvalue weighted by Crippen LogP contribution is -2.23. The molecule has 0 aliphatic rings. The van der Waals surface area contributed by atoms with Crippen molar-refractivity contribution in [1.29, 1.82) is 0 Å². The first-order valence-electron chi connectivity index (χ1n) is 7.61. The highest BCUT2D eigenvalue weighted by atomic mass is 16.4. The number of aromatic nitrogens is 1. The van der Waals surface area contributed by atoms with Crippen molar-refractivity contribution in [2.45, 2.75) is 59.4 Å². The Balaban J connectivity index is 0.000000677. The van der Waals surface area contributed by atoms with Gasteiger partial charge in [-0.2, -0.15) is 0 Å². The zero-order valence-corrected chi connectivity index (χ0v) is 13.8. The van der Waals surface area contributed by atoms with E-state index in [1.54, 1.807) is 10.8 Å². The fourth-order valence-corrected chi connectivity index (χ4v) is 2.01. The van der Waals surface area contributed by atoms with Crippen LogP contribution in [-0.2, 0) is 12.0 Å². The molecule has 2 aromatic rings. The molecule has 0 N–H and O–H groups in total. The van der Waals surface area contributed by atoms with Gasteiger partial charge in [-0.1, -0.05) is 63.9 Å². The van der Waals surface area contributed by atoms with E-state index >= 15 is 0 Å². The molecule has 2 rings (SSSR count). The summed E-state index contributed by atoms with van der Waals surface area (Å²) in [5, 5.41) is 0. The van der Waals surface area contributed by atoms with Crippen molar-refractivity contribution in [2.75, 3.05) is 0 Å². The van der Waals surface area contributed by atoms with E-state index in [1.165, 1.54) is 23.8 Å². The molecule has 0 unspecified atom stereocenters. The van der Waals surface area contributed by atoms with Crippen LogP contribution < -0.4 is 5.76 Å². The molecule has 0 saturated heterocycles. The van der Waals surface area contributed by atoms with Crippen LogP contribution in [0.25, 0.3) is 0 Å². The highest BCUT2D eigenvalue weighted by Gasteiger charge is 2.20. The molecule has 0 saturated carbocycles. The molecule has 116 valence electrons. The Morgan fingerprint density at radius 1 is 1.14 bits per heavy atom. The fourth-order valence-electron chi connectivity index (χ4n) is 2.01. The molecule has 1 aromatic carbocycles. The number of rotatable bonds is 4. The lowest BCUT2D eigenvalue weighted by molar-refractivity contribution is 0.410. The Morgan fingerprint density at radius 2 is 1.71 bits per heavy atom. The van der Waals surface area contributed by atoms with Gasteiger partial charge in [0, 0.05) is 12.7 Å². The second-order valence-corrected chi connectivity index (χ2v) is 6.07. The van der Waals surface area contributed by atoms with Crippen LogP contribution in [0.3, 0.4) is 0 Å². The van der Waals surface area contributed by atoms with Crippen LogP contribution in [0.2, 0.25) is 0 Å². The maximum atomic E-state index is 11.3. The molecular weight excluding hydrogens is 262 g/mol. The lowest BCUT2D eigenvalue weighted by Gasteiger charge is -2.25. The molecule has 1 aromatic heterocycles. The smallest absolute Gasteiger partial charge is 0.416 e. The number of nitrogens with zero attached hydrogens (tertiary/aromatic N) is 1. The van der Waals surface area contributed by atoms with E-state index in [-0.39, 0.29) is 11.2 Å². The topological polar surface area (TPSA) is 35.1 Å². The second-order valence-electron chi connectivity index (χ2n) is 6.07. The highest BCUT2D eigenvalue weighted by molar-refractivity contribution is 5.27. The van der Waals surface area contributed by atoms with Gasteiger partial charge in [0.05, 0.1) is 0 Å². The van der Waals surface area contributed by atoms with Crippen molar-refractivity contribution in [3.8, 4) is 0 Å². The lowest BCUT2D eigenvalue weighted by atomic mass is 9.81. The van der Waals surface area contributed by atoms with Gasteiger partial charge in [0.25, 0.3) is 0 Å². The van der Waals surface area contributed by atoms with E-state index < -0.39 is 0 Å². The Hall–Kier alpha value is -1.77. The van der Waals surface area contributed by atoms with Gasteiger partial charge in [-0.15, -0.1) is 0 Å². The van der Waals surface area contributed by atoms with Gasteiger partial charge < -0.3 is 4.42 Å². The minimum atomic E-state index is -0.283. The normalized spacial score (nSPS) is 10.9. The predicted molar refractivity (Wildman–Crippen MR) is 87.8 cm³/mol. The van der Waals surface area contributed by atoms with Crippen molar-refractivity contribution in [2.24, 2.45) is 0 Å². The molecule has 3 heteroatoms. The monoisotopic (exact) mass is 289 g/mol. The number of hydrogen-bond acceptors (Lipinski definition) is 2. The minimum absolute atomic E-state index is 0.0460. The van der Waals surface area contributed by atoms with E-state index in [2.05, 4.69) is 58.9 Å². The highest BCUT2D eigenvalue weighted by Crippen LogP contribution is 2.27. The molecule has 0 amide bonds. The van der Waals surface area contributed by atoms with E-state index in [4.69, 9.17) is 4.42 Å². The second kappa shape index (κ2) is 7.87. The third-order valence-corrected chi connectivity index (χ3v) is 3.45. The summed E-state index contributed by atoms with van der Waals surface area (Å²) >= 11 is 0. The predicted octanol–water partition coefficient (Wildman–Crippen LogP) is 4.53. The number of hydrogen-bond donors (Lipinski definition) is 0. The maximum Gasteiger partial charge on any atom is 0.418 e. The first-order chi connectivity index (χ1) is 9.90. The maximum absolute atomic E-state index is 11.3. The van der Waals surface area contributed by atoms with Crippen molar-refractivity contribution in [3.63, 3.8) is 0 Å². The minimum Gasteiger partial charge on any atom is -0.416 e. The third-order valence-electron chi connectivity index (χ3n) is 3.45. The summed E-state index contributed by atoms with van der Waals surface area (Å²) < 4.78 is 6.37.